The van der Waals surface area contributed by atoms with Crippen molar-refractivity contribution in [2.75, 3.05) is 52.9 Å². The van der Waals surface area contributed by atoms with E-state index in [1.54, 1.807) is 12.1 Å². The third-order valence-electron chi connectivity index (χ3n) is 3.77. The Morgan fingerprint density at radius 1 is 0.655 bits per heavy atom. The van der Waals surface area contributed by atoms with E-state index in [0.29, 0.717) is 65.2 Å². The van der Waals surface area contributed by atoms with Crippen molar-refractivity contribution in [2.45, 2.75) is 6.61 Å². The van der Waals surface area contributed by atoms with Gasteiger partial charge in [0.25, 0.3) is 5.69 Å². The highest BCUT2D eigenvalue weighted by molar-refractivity contribution is 5.35. The van der Waals surface area contributed by atoms with Crippen molar-refractivity contribution >= 4 is 5.69 Å². The monoisotopic (exact) mass is 405 g/mol. The first kappa shape index (κ1) is 22.8. The molecule has 0 fully saturated rings. The number of nitrogens with zero attached hydrogens (tertiary/aromatic N) is 1. The third kappa shape index (κ3) is 10.6. The Bertz CT molecular complexity index is 679. The van der Waals surface area contributed by atoms with Gasteiger partial charge >= 0.3 is 0 Å². The SMILES string of the molecule is O=[N+]([O-])c1ccc(OCCOCCOCCOCCOCc2ccccc2)cc1. The standard InChI is InChI=1S/C21H27NO7/c23-22(24)20-6-8-21(9-7-20)29-17-16-27-13-12-25-10-11-26-14-15-28-18-19-4-2-1-3-5-19/h1-9H,10-18H2. The van der Waals surface area contributed by atoms with E-state index in [0.717, 1.165) is 5.56 Å². The molecule has 0 N–H and O–H groups in total. The van der Waals surface area contributed by atoms with E-state index >= 15 is 0 Å². The molecule has 0 radical (unpaired) electrons. The number of hydrogen-bond acceptors (Lipinski definition) is 7. The first-order valence-corrected chi connectivity index (χ1v) is 9.48. The summed E-state index contributed by atoms with van der Waals surface area (Å²) in [7, 11) is 0. The quantitative estimate of drug-likeness (QED) is 0.241. The first-order chi connectivity index (χ1) is 14.3. The Hall–Kier alpha value is -2.52. The zero-order valence-electron chi connectivity index (χ0n) is 16.4. The first-order valence-electron chi connectivity index (χ1n) is 9.48. The van der Waals surface area contributed by atoms with Crippen LogP contribution in [-0.2, 0) is 25.6 Å². The molecule has 8 heteroatoms. The van der Waals surface area contributed by atoms with Crippen LogP contribution in [0.15, 0.2) is 54.6 Å². The average Bonchev–Trinajstić information content (AvgIpc) is 2.75. The van der Waals surface area contributed by atoms with E-state index in [-0.39, 0.29) is 5.69 Å². The lowest BCUT2D eigenvalue weighted by Crippen LogP contribution is -2.13. The molecule has 2 aromatic carbocycles. The van der Waals surface area contributed by atoms with Crippen LogP contribution in [0.5, 0.6) is 5.75 Å². The summed E-state index contributed by atoms with van der Waals surface area (Å²) in [6.45, 7) is 4.40. The van der Waals surface area contributed by atoms with Gasteiger partial charge in [-0.25, -0.2) is 0 Å². The second-order valence-electron chi connectivity index (χ2n) is 5.97. The average molecular weight is 405 g/mol. The van der Waals surface area contributed by atoms with Gasteiger partial charge in [-0.2, -0.15) is 0 Å². The van der Waals surface area contributed by atoms with Crippen LogP contribution in [0, 0.1) is 10.1 Å². The molecule has 0 aromatic heterocycles. The minimum atomic E-state index is -0.447. The number of benzene rings is 2. The second kappa shape index (κ2) is 14.5. The van der Waals surface area contributed by atoms with Gasteiger partial charge in [0.15, 0.2) is 0 Å². The molecule has 0 aliphatic heterocycles. The lowest BCUT2D eigenvalue weighted by atomic mass is 10.2. The summed E-state index contributed by atoms with van der Waals surface area (Å²) in [5.74, 6) is 0.570. The summed E-state index contributed by atoms with van der Waals surface area (Å²) >= 11 is 0. The van der Waals surface area contributed by atoms with E-state index in [1.807, 2.05) is 30.3 Å². The Kier molecular flexibility index (Phi) is 11.4. The van der Waals surface area contributed by atoms with Crippen molar-refractivity contribution in [2.24, 2.45) is 0 Å². The van der Waals surface area contributed by atoms with E-state index in [4.69, 9.17) is 23.7 Å². The van der Waals surface area contributed by atoms with Crippen LogP contribution in [0.3, 0.4) is 0 Å². The molecule has 0 saturated carbocycles. The molecular weight excluding hydrogens is 378 g/mol. The molecular formula is C21H27NO7. The van der Waals surface area contributed by atoms with Gasteiger partial charge in [-0.3, -0.25) is 10.1 Å². The van der Waals surface area contributed by atoms with Crippen LogP contribution in [0.2, 0.25) is 0 Å². The molecule has 0 heterocycles. The van der Waals surface area contributed by atoms with Gasteiger partial charge in [0.05, 0.1) is 57.8 Å². The fraction of sp³-hybridized carbons (Fsp3) is 0.429. The topological polar surface area (TPSA) is 89.3 Å². The van der Waals surface area contributed by atoms with Gasteiger partial charge in [-0.15, -0.1) is 0 Å². The highest BCUT2D eigenvalue weighted by Crippen LogP contribution is 2.17. The predicted molar refractivity (Wildman–Crippen MR) is 107 cm³/mol. The maximum atomic E-state index is 10.6. The Labute approximate surface area is 170 Å². The number of nitro benzene ring substituents is 1. The van der Waals surface area contributed by atoms with Crippen molar-refractivity contribution in [3.05, 3.63) is 70.3 Å². The zero-order chi connectivity index (χ0) is 20.6. The summed E-state index contributed by atoms with van der Waals surface area (Å²) < 4.78 is 27.2. The summed E-state index contributed by atoms with van der Waals surface area (Å²) in [5, 5.41) is 10.6. The summed E-state index contributed by atoms with van der Waals surface area (Å²) in [4.78, 5) is 10.1. The van der Waals surface area contributed by atoms with Crippen LogP contribution in [0.4, 0.5) is 5.69 Å². The molecule has 29 heavy (non-hydrogen) atoms. The van der Waals surface area contributed by atoms with Gasteiger partial charge in [-0.1, -0.05) is 30.3 Å². The number of rotatable bonds is 16. The van der Waals surface area contributed by atoms with Crippen molar-refractivity contribution in [1.29, 1.82) is 0 Å². The van der Waals surface area contributed by atoms with Crippen molar-refractivity contribution < 1.29 is 28.6 Å². The molecule has 8 nitrogen and oxygen atoms in total. The normalized spacial score (nSPS) is 10.8. The molecule has 0 atom stereocenters. The Morgan fingerprint density at radius 2 is 1.17 bits per heavy atom. The van der Waals surface area contributed by atoms with Gasteiger partial charge in [0, 0.05) is 12.1 Å². The Morgan fingerprint density at radius 3 is 1.72 bits per heavy atom. The lowest BCUT2D eigenvalue weighted by molar-refractivity contribution is -0.384. The fourth-order valence-electron chi connectivity index (χ4n) is 2.31. The highest BCUT2D eigenvalue weighted by atomic mass is 16.6. The van der Waals surface area contributed by atoms with Gasteiger partial charge in [-0.05, 0) is 17.7 Å². The predicted octanol–water partition coefficient (Wildman–Crippen LogP) is 3.24. The Balaban J connectivity index is 1.32. The second-order valence-corrected chi connectivity index (χ2v) is 5.97. The molecule has 0 unspecified atom stereocenters. The summed E-state index contributed by atoms with van der Waals surface area (Å²) in [5.41, 5.74) is 1.18. The van der Waals surface area contributed by atoms with Gasteiger partial charge in [0.1, 0.15) is 12.4 Å². The number of ether oxygens (including phenoxy) is 5. The number of nitro groups is 1. The van der Waals surface area contributed by atoms with Gasteiger partial charge < -0.3 is 23.7 Å². The molecule has 2 rings (SSSR count). The number of hydrogen-bond donors (Lipinski definition) is 0. The van der Waals surface area contributed by atoms with Crippen LogP contribution in [-0.4, -0.2) is 57.8 Å². The summed E-state index contributed by atoms with van der Waals surface area (Å²) in [6.07, 6.45) is 0. The lowest BCUT2D eigenvalue weighted by Gasteiger charge is -2.08. The zero-order valence-corrected chi connectivity index (χ0v) is 16.4. The van der Waals surface area contributed by atoms with Gasteiger partial charge in [0.2, 0.25) is 0 Å². The summed E-state index contributed by atoms with van der Waals surface area (Å²) in [6, 6.07) is 15.9. The minimum absolute atomic E-state index is 0.0365. The van der Waals surface area contributed by atoms with E-state index < -0.39 is 4.92 Å². The molecule has 0 amide bonds. The van der Waals surface area contributed by atoms with E-state index in [9.17, 15) is 10.1 Å². The molecule has 0 bridgehead atoms. The van der Waals surface area contributed by atoms with Crippen LogP contribution in [0.1, 0.15) is 5.56 Å². The molecule has 158 valence electrons. The molecule has 0 aliphatic carbocycles. The number of non-ortho nitro benzene ring substituents is 1. The van der Waals surface area contributed by atoms with E-state index in [2.05, 4.69) is 0 Å². The molecule has 0 saturated heterocycles. The van der Waals surface area contributed by atoms with Crippen molar-refractivity contribution in [3.63, 3.8) is 0 Å². The maximum Gasteiger partial charge on any atom is 0.269 e. The van der Waals surface area contributed by atoms with Crippen molar-refractivity contribution in [1.82, 2.24) is 0 Å². The molecule has 0 spiro atoms. The fourth-order valence-corrected chi connectivity index (χ4v) is 2.31. The van der Waals surface area contributed by atoms with Crippen LogP contribution >= 0.6 is 0 Å². The van der Waals surface area contributed by atoms with Crippen LogP contribution < -0.4 is 4.74 Å². The van der Waals surface area contributed by atoms with E-state index in [1.165, 1.54) is 12.1 Å². The third-order valence-corrected chi connectivity index (χ3v) is 3.77. The molecule has 0 aliphatic rings. The largest absolute Gasteiger partial charge is 0.491 e. The maximum absolute atomic E-state index is 10.6. The smallest absolute Gasteiger partial charge is 0.269 e. The van der Waals surface area contributed by atoms with Crippen molar-refractivity contribution in [3.8, 4) is 5.75 Å². The molecule has 2 aromatic rings. The highest BCUT2D eigenvalue weighted by Gasteiger charge is 2.04. The van der Waals surface area contributed by atoms with Crippen LogP contribution in [0.25, 0.3) is 0 Å². The minimum Gasteiger partial charge on any atom is -0.491 e.